The lowest BCUT2D eigenvalue weighted by molar-refractivity contribution is -0.113. The van der Waals surface area contributed by atoms with Crippen molar-refractivity contribution in [2.45, 2.75) is 6.42 Å². The van der Waals surface area contributed by atoms with Crippen molar-refractivity contribution in [2.24, 2.45) is 0 Å². The van der Waals surface area contributed by atoms with Gasteiger partial charge in [0, 0.05) is 18.6 Å². The number of rotatable bonds is 3. The van der Waals surface area contributed by atoms with Gasteiger partial charge in [-0.25, -0.2) is 0 Å². The predicted molar refractivity (Wildman–Crippen MR) is 73.5 cm³/mol. The summed E-state index contributed by atoms with van der Waals surface area (Å²) in [7, 11) is 0. The number of benzene rings is 1. The van der Waals surface area contributed by atoms with E-state index in [9.17, 15) is 4.79 Å². The van der Waals surface area contributed by atoms with Crippen LogP contribution in [0.5, 0.6) is 11.5 Å². The molecule has 1 aromatic rings. The van der Waals surface area contributed by atoms with Gasteiger partial charge in [-0.05, 0) is 6.26 Å². The Hall–Kier alpha value is -1.56. The minimum absolute atomic E-state index is 0.0799. The molecule has 0 saturated carbocycles. The maximum atomic E-state index is 11.5. The van der Waals surface area contributed by atoms with E-state index in [0.29, 0.717) is 41.8 Å². The summed E-state index contributed by atoms with van der Waals surface area (Å²) in [6, 6.07) is 3.41. The molecule has 0 atom stereocenters. The summed E-state index contributed by atoms with van der Waals surface area (Å²) in [4.78, 5) is 11.5. The molecule has 0 bridgehead atoms. The highest BCUT2D eigenvalue weighted by Gasteiger charge is 2.14. The monoisotopic (exact) mass is 268 g/mol. The van der Waals surface area contributed by atoms with Crippen LogP contribution in [0.1, 0.15) is 6.42 Å². The molecule has 3 N–H and O–H groups in total. The molecule has 1 aromatic carbocycles. The van der Waals surface area contributed by atoms with E-state index in [1.54, 1.807) is 12.1 Å². The Morgan fingerprint density at radius 3 is 2.72 bits per heavy atom. The molecule has 5 nitrogen and oxygen atoms in total. The molecule has 0 radical (unpaired) electrons. The third-order valence-electron chi connectivity index (χ3n) is 2.47. The fourth-order valence-corrected chi connectivity index (χ4v) is 1.98. The minimum Gasteiger partial charge on any atom is -0.489 e. The molecule has 1 aliphatic heterocycles. The average Bonchev–Trinajstić information content (AvgIpc) is 2.55. The Balaban J connectivity index is 2.21. The van der Waals surface area contributed by atoms with Crippen molar-refractivity contribution in [2.75, 3.05) is 36.3 Å². The molecule has 2 rings (SSSR count). The Kier molecular flexibility index (Phi) is 4.19. The average molecular weight is 268 g/mol. The van der Waals surface area contributed by atoms with E-state index in [-0.39, 0.29) is 5.91 Å². The van der Waals surface area contributed by atoms with Crippen LogP contribution in [-0.2, 0) is 4.79 Å². The predicted octanol–water partition coefficient (Wildman–Crippen LogP) is 1.73. The summed E-state index contributed by atoms with van der Waals surface area (Å²) < 4.78 is 11.1. The maximum absolute atomic E-state index is 11.5. The largest absolute Gasteiger partial charge is 0.489 e. The van der Waals surface area contributed by atoms with Gasteiger partial charge in [-0.3, -0.25) is 4.79 Å². The van der Waals surface area contributed by atoms with Crippen molar-refractivity contribution >= 4 is 29.0 Å². The fourth-order valence-electron chi connectivity index (χ4n) is 1.65. The molecule has 1 aliphatic rings. The molecule has 1 heterocycles. The number of carbonyl (C=O) groups is 1. The number of ether oxygens (including phenoxy) is 2. The Morgan fingerprint density at radius 2 is 2.06 bits per heavy atom. The molecule has 1 amide bonds. The second kappa shape index (κ2) is 5.86. The maximum Gasteiger partial charge on any atom is 0.234 e. The third-order valence-corrected chi connectivity index (χ3v) is 3.02. The summed E-state index contributed by atoms with van der Waals surface area (Å²) >= 11 is 1.46. The van der Waals surface area contributed by atoms with Crippen LogP contribution in [0, 0.1) is 0 Å². The number of hydrogen-bond donors (Lipinski definition) is 2. The number of nitrogens with two attached hydrogens (primary N) is 1. The van der Waals surface area contributed by atoms with Crippen LogP contribution in [0.3, 0.4) is 0 Å². The van der Waals surface area contributed by atoms with Crippen LogP contribution in [0.4, 0.5) is 11.4 Å². The van der Waals surface area contributed by atoms with E-state index in [1.165, 1.54) is 11.8 Å². The number of thioether (sulfide) groups is 1. The third kappa shape index (κ3) is 3.01. The molecular formula is C12H16N2O3S. The Morgan fingerprint density at radius 1 is 1.39 bits per heavy atom. The summed E-state index contributed by atoms with van der Waals surface area (Å²) in [5.41, 5.74) is 6.93. The number of fused-ring (bicyclic) bond motifs is 1. The summed E-state index contributed by atoms with van der Waals surface area (Å²) in [5, 5.41) is 2.76. The van der Waals surface area contributed by atoms with E-state index < -0.39 is 0 Å². The number of nitrogens with one attached hydrogen (secondary N) is 1. The van der Waals surface area contributed by atoms with Crippen LogP contribution in [0.2, 0.25) is 0 Å². The number of anilines is 2. The van der Waals surface area contributed by atoms with Gasteiger partial charge in [-0.2, -0.15) is 11.8 Å². The normalized spacial score (nSPS) is 13.8. The highest BCUT2D eigenvalue weighted by Crippen LogP contribution is 2.36. The topological polar surface area (TPSA) is 73.6 Å². The first kappa shape index (κ1) is 12.9. The zero-order chi connectivity index (χ0) is 13.0. The van der Waals surface area contributed by atoms with Crippen LogP contribution < -0.4 is 20.5 Å². The van der Waals surface area contributed by atoms with E-state index >= 15 is 0 Å². The summed E-state index contributed by atoms with van der Waals surface area (Å²) in [5.74, 6) is 1.58. The highest BCUT2D eigenvalue weighted by atomic mass is 32.2. The molecule has 0 aliphatic carbocycles. The van der Waals surface area contributed by atoms with Crippen molar-refractivity contribution in [3.05, 3.63) is 12.1 Å². The molecule has 0 fully saturated rings. The van der Waals surface area contributed by atoms with E-state index in [4.69, 9.17) is 15.2 Å². The lowest BCUT2D eigenvalue weighted by Gasteiger charge is -2.12. The van der Waals surface area contributed by atoms with Crippen LogP contribution in [-0.4, -0.2) is 31.1 Å². The first-order chi connectivity index (χ1) is 8.70. The van der Waals surface area contributed by atoms with E-state index in [0.717, 1.165) is 6.42 Å². The van der Waals surface area contributed by atoms with Crippen molar-refractivity contribution in [1.82, 2.24) is 0 Å². The number of nitrogen functional groups attached to an aromatic ring is 1. The van der Waals surface area contributed by atoms with Gasteiger partial charge in [-0.1, -0.05) is 0 Å². The van der Waals surface area contributed by atoms with Gasteiger partial charge in [-0.15, -0.1) is 0 Å². The standard InChI is InChI=1S/C12H16N2O3S/c1-18-7-12(15)14-9-6-11-10(5-8(9)13)16-3-2-4-17-11/h5-6H,2-4,7,13H2,1H3,(H,14,15). The van der Waals surface area contributed by atoms with Crippen LogP contribution in [0.15, 0.2) is 12.1 Å². The molecule has 0 unspecified atom stereocenters. The first-order valence-electron chi connectivity index (χ1n) is 5.68. The van der Waals surface area contributed by atoms with Crippen LogP contribution in [0.25, 0.3) is 0 Å². The van der Waals surface area contributed by atoms with Gasteiger partial charge >= 0.3 is 0 Å². The molecule has 6 heteroatoms. The first-order valence-corrected chi connectivity index (χ1v) is 7.08. The molecule has 18 heavy (non-hydrogen) atoms. The Bertz CT molecular complexity index is 451. The quantitative estimate of drug-likeness (QED) is 0.817. The molecule has 98 valence electrons. The SMILES string of the molecule is CSCC(=O)Nc1cc2c(cc1N)OCCCO2. The highest BCUT2D eigenvalue weighted by molar-refractivity contribution is 7.99. The van der Waals surface area contributed by atoms with Gasteiger partial charge in [0.15, 0.2) is 11.5 Å². The number of carbonyl (C=O) groups excluding carboxylic acids is 1. The fraction of sp³-hybridized carbons (Fsp3) is 0.417. The van der Waals surface area contributed by atoms with Crippen molar-refractivity contribution in [3.8, 4) is 11.5 Å². The van der Waals surface area contributed by atoms with Crippen molar-refractivity contribution < 1.29 is 14.3 Å². The van der Waals surface area contributed by atoms with Crippen LogP contribution >= 0.6 is 11.8 Å². The van der Waals surface area contributed by atoms with E-state index in [2.05, 4.69) is 5.32 Å². The second-order valence-electron chi connectivity index (χ2n) is 3.92. The minimum atomic E-state index is -0.0799. The molecule has 0 aromatic heterocycles. The van der Waals surface area contributed by atoms with Crippen molar-refractivity contribution in [3.63, 3.8) is 0 Å². The number of hydrogen-bond acceptors (Lipinski definition) is 5. The smallest absolute Gasteiger partial charge is 0.234 e. The zero-order valence-corrected chi connectivity index (χ0v) is 11.0. The van der Waals surface area contributed by atoms with Gasteiger partial charge in [0.05, 0.1) is 30.3 Å². The molecule has 0 spiro atoms. The molecule has 0 saturated heterocycles. The lowest BCUT2D eigenvalue weighted by Crippen LogP contribution is -2.15. The van der Waals surface area contributed by atoms with Gasteiger partial charge in [0.1, 0.15) is 0 Å². The van der Waals surface area contributed by atoms with Crippen molar-refractivity contribution in [1.29, 1.82) is 0 Å². The van der Waals surface area contributed by atoms with Gasteiger partial charge < -0.3 is 20.5 Å². The summed E-state index contributed by atoms with van der Waals surface area (Å²) in [6.45, 7) is 1.22. The second-order valence-corrected chi connectivity index (χ2v) is 4.78. The van der Waals surface area contributed by atoms with Gasteiger partial charge in [0.2, 0.25) is 5.91 Å². The number of amides is 1. The molecular weight excluding hydrogens is 252 g/mol. The zero-order valence-electron chi connectivity index (χ0n) is 10.2. The van der Waals surface area contributed by atoms with Gasteiger partial charge in [0.25, 0.3) is 0 Å². The van der Waals surface area contributed by atoms with E-state index in [1.807, 2.05) is 6.26 Å². The summed E-state index contributed by atoms with van der Waals surface area (Å²) in [6.07, 6.45) is 2.71. The Labute approximate surface area is 110 Å². The lowest BCUT2D eigenvalue weighted by atomic mass is 10.2.